The van der Waals surface area contributed by atoms with Gasteiger partial charge in [-0.1, -0.05) is 23.8 Å². The van der Waals surface area contributed by atoms with E-state index in [1.165, 1.54) is 25.3 Å². The van der Waals surface area contributed by atoms with Crippen molar-refractivity contribution in [2.45, 2.75) is 13.3 Å². The first-order valence-electron chi connectivity index (χ1n) is 5.79. The predicted molar refractivity (Wildman–Crippen MR) is 69.0 cm³/mol. The van der Waals surface area contributed by atoms with Gasteiger partial charge in [-0.25, -0.2) is 9.18 Å². The van der Waals surface area contributed by atoms with Gasteiger partial charge in [0.25, 0.3) is 0 Å². The average Bonchev–Trinajstić information content (AvgIpc) is 2.38. The highest BCUT2D eigenvalue weighted by atomic mass is 19.1. The van der Waals surface area contributed by atoms with Gasteiger partial charge in [0.05, 0.1) is 13.5 Å². The van der Waals surface area contributed by atoms with Crippen molar-refractivity contribution in [2.75, 3.05) is 13.7 Å². The van der Waals surface area contributed by atoms with E-state index in [0.717, 1.165) is 5.56 Å². The summed E-state index contributed by atoms with van der Waals surface area (Å²) >= 11 is 0. The van der Waals surface area contributed by atoms with Crippen LogP contribution < -0.4 is 5.32 Å². The Bertz CT molecular complexity index is 497. The quantitative estimate of drug-likeness (QED) is 0.648. The van der Waals surface area contributed by atoms with Crippen LogP contribution in [0.1, 0.15) is 11.1 Å². The van der Waals surface area contributed by atoms with Crippen LogP contribution >= 0.6 is 0 Å². The van der Waals surface area contributed by atoms with Gasteiger partial charge in [0, 0.05) is 12.6 Å². The van der Waals surface area contributed by atoms with Crippen LogP contribution in [-0.2, 0) is 20.7 Å². The molecule has 1 aromatic carbocycles. The minimum Gasteiger partial charge on any atom is -0.466 e. The van der Waals surface area contributed by atoms with Crippen LogP contribution in [0.5, 0.6) is 0 Å². The number of carbonyl (C=O) groups is 2. The van der Waals surface area contributed by atoms with Gasteiger partial charge in [-0.3, -0.25) is 4.79 Å². The van der Waals surface area contributed by atoms with Gasteiger partial charge in [-0.05, 0) is 18.6 Å². The molecular weight excluding hydrogens is 249 g/mol. The SMILES string of the molecule is COC(=O)/C=C/CNC(=O)Cc1cc(C)ccc1F. The zero-order chi connectivity index (χ0) is 14.3. The summed E-state index contributed by atoms with van der Waals surface area (Å²) in [5, 5.41) is 2.56. The first-order valence-corrected chi connectivity index (χ1v) is 5.79. The predicted octanol–water partition coefficient (Wildman–Crippen LogP) is 1.52. The molecule has 1 aromatic rings. The van der Waals surface area contributed by atoms with Crippen LogP contribution in [-0.4, -0.2) is 25.5 Å². The molecule has 5 heteroatoms. The van der Waals surface area contributed by atoms with E-state index < -0.39 is 11.8 Å². The lowest BCUT2D eigenvalue weighted by molar-refractivity contribution is -0.134. The first kappa shape index (κ1) is 14.9. The molecule has 0 aliphatic heterocycles. The third-order valence-electron chi connectivity index (χ3n) is 2.42. The van der Waals surface area contributed by atoms with E-state index in [1.807, 2.05) is 6.92 Å². The van der Waals surface area contributed by atoms with Crippen LogP contribution in [0.25, 0.3) is 0 Å². The monoisotopic (exact) mass is 265 g/mol. The Labute approximate surface area is 111 Å². The number of ether oxygens (including phenoxy) is 1. The van der Waals surface area contributed by atoms with Crippen molar-refractivity contribution in [1.29, 1.82) is 0 Å². The van der Waals surface area contributed by atoms with E-state index >= 15 is 0 Å². The van der Waals surface area contributed by atoms with Gasteiger partial charge in [0.15, 0.2) is 0 Å². The smallest absolute Gasteiger partial charge is 0.330 e. The van der Waals surface area contributed by atoms with E-state index in [0.29, 0.717) is 5.56 Å². The summed E-state index contributed by atoms with van der Waals surface area (Å²) in [6.07, 6.45) is 2.66. The molecule has 0 saturated heterocycles. The molecule has 102 valence electrons. The fourth-order valence-corrected chi connectivity index (χ4v) is 1.47. The van der Waals surface area contributed by atoms with E-state index in [-0.39, 0.29) is 18.9 Å². The van der Waals surface area contributed by atoms with Crippen molar-refractivity contribution in [3.63, 3.8) is 0 Å². The maximum atomic E-state index is 13.4. The molecule has 0 bridgehead atoms. The van der Waals surface area contributed by atoms with Crippen LogP contribution in [0.15, 0.2) is 30.4 Å². The summed E-state index contributed by atoms with van der Waals surface area (Å²) in [6, 6.07) is 4.63. The van der Waals surface area contributed by atoms with Gasteiger partial charge in [-0.2, -0.15) is 0 Å². The normalized spacial score (nSPS) is 10.5. The topological polar surface area (TPSA) is 55.4 Å². The van der Waals surface area contributed by atoms with Crippen LogP contribution in [0.3, 0.4) is 0 Å². The standard InChI is InChI=1S/C14H16FNO3/c1-10-5-6-12(15)11(8-10)9-13(17)16-7-3-4-14(18)19-2/h3-6,8H,7,9H2,1-2H3,(H,16,17)/b4-3+. The zero-order valence-electron chi connectivity index (χ0n) is 10.9. The maximum absolute atomic E-state index is 13.4. The van der Waals surface area contributed by atoms with E-state index in [1.54, 1.807) is 12.1 Å². The molecule has 0 aromatic heterocycles. The molecule has 0 unspecified atom stereocenters. The van der Waals surface area contributed by atoms with Crippen LogP contribution in [0.2, 0.25) is 0 Å². The third-order valence-corrected chi connectivity index (χ3v) is 2.42. The highest BCUT2D eigenvalue weighted by molar-refractivity contribution is 5.82. The molecular formula is C14H16FNO3. The number of esters is 1. The molecule has 1 amide bonds. The number of amides is 1. The number of rotatable bonds is 5. The zero-order valence-corrected chi connectivity index (χ0v) is 10.9. The number of carbonyl (C=O) groups excluding carboxylic acids is 2. The van der Waals surface area contributed by atoms with Crippen molar-refractivity contribution in [1.82, 2.24) is 5.32 Å². The van der Waals surface area contributed by atoms with Crippen molar-refractivity contribution < 1.29 is 18.7 Å². The molecule has 19 heavy (non-hydrogen) atoms. The fraction of sp³-hybridized carbons (Fsp3) is 0.286. The molecule has 0 radical (unpaired) electrons. The number of benzene rings is 1. The van der Waals surface area contributed by atoms with Crippen molar-refractivity contribution >= 4 is 11.9 Å². The highest BCUT2D eigenvalue weighted by Crippen LogP contribution is 2.10. The lowest BCUT2D eigenvalue weighted by Crippen LogP contribution is -2.25. The average molecular weight is 265 g/mol. The van der Waals surface area contributed by atoms with E-state index in [4.69, 9.17) is 0 Å². The second-order valence-electron chi connectivity index (χ2n) is 4.00. The minimum atomic E-state index is -0.487. The Morgan fingerprint density at radius 2 is 2.16 bits per heavy atom. The van der Waals surface area contributed by atoms with Gasteiger partial charge < -0.3 is 10.1 Å². The summed E-state index contributed by atoms with van der Waals surface area (Å²) < 4.78 is 17.8. The van der Waals surface area contributed by atoms with E-state index in [2.05, 4.69) is 10.1 Å². The van der Waals surface area contributed by atoms with Crippen LogP contribution in [0.4, 0.5) is 4.39 Å². The first-order chi connectivity index (χ1) is 9.02. The van der Waals surface area contributed by atoms with Crippen molar-refractivity contribution in [3.8, 4) is 0 Å². The van der Waals surface area contributed by atoms with Gasteiger partial charge >= 0.3 is 5.97 Å². The molecule has 1 rings (SSSR count). The molecule has 0 saturated carbocycles. The molecule has 0 aliphatic rings. The number of hydrogen-bond donors (Lipinski definition) is 1. The lowest BCUT2D eigenvalue weighted by atomic mass is 10.1. The molecule has 0 atom stereocenters. The maximum Gasteiger partial charge on any atom is 0.330 e. The highest BCUT2D eigenvalue weighted by Gasteiger charge is 2.07. The second kappa shape index (κ2) is 7.31. The molecule has 0 aliphatic carbocycles. The number of halogens is 1. The van der Waals surface area contributed by atoms with E-state index in [9.17, 15) is 14.0 Å². The van der Waals surface area contributed by atoms with Gasteiger partial charge in [-0.15, -0.1) is 0 Å². The van der Waals surface area contributed by atoms with Crippen molar-refractivity contribution in [3.05, 3.63) is 47.3 Å². The summed E-state index contributed by atoms with van der Waals surface area (Å²) in [5.41, 5.74) is 1.25. The molecule has 0 fully saturated rings. The minimum absolute atomic E-state index is 0.0282. The Morgan fingerprint density at radius 3 is 2.84 bits per heavy atom. The molecule has 1 N–H and O–H groups in total. The summed E-state index contributed by atoms with van der Waals surface area (Å²) in [5.74, 6) is -1.19. The van der Waals surface area contributed by atoms with Crippen LogP contribution in [0, 0.1) is 12.7 Å². The second-order valence-corrected chi connectivity index (χ2v) is 4.00. The van der Waals surface area contributed by atoms with Crippen molar-refractivity contribution in [2.24, 2.45) is 0 Å². The number of methoxy groups -OCH3 is 1. The molecule has 0 heterocycles. The molecule has 4 nitrogen and oxygen atoms in total. The van der Waals surface area contributed by atoms with Gasteiger partial charge in [0.1, 0.15) is 5.82 Å². The fourth-order valence-electron chi connectivity index (χ4n) is 1.47. The number of hydrogen-bond acceptors (Lipinski definition) is 3. The Kier molecular flexibility index (Phi) is 5.73. The Hall–Kier alpha value is -2.17. The lowest BCUT2D eigenvalue weighted by Gasteiger charge is -2.05. The van der Waals surface area contributed by atoms with Gasteiger partial charge in [0.2, 0.25) is 5.91 Å². The summed E-state index contributed by atoms with van der Waals surface area (Å²) in [6.45, 7) is 2.03. The number of nitrogens with one attached hydrogen (secondary N) is 1. The summed E-state index contributed by atoms with van der Waals surface area (Å²) in [7, 11) is 1.27. The molecule has 0 spiro atoms. The Morgan fingerprint density at radius 1 is 1.42 bits per heavy atom. The third kappa shape index (κ3) is 5.33. The Balaban J connectivity index is 2.45. The summed E-state index contributed by atoms with van der Waals surface area (Å²) in [4.78, 5) is 22.3. The number of aryl methyl sites for hydroxylation is 1. The largest absolute Gasteiger partial charge is 0.466 e.